The zero-order valence-electron chi connectivity index (χ0n) is 15.2. The predicted octanol–water partition coefficient (Wildman–Crippen LogP) is 5.25. The van der Waals surface area contributed by atoms with E-state index in [0.29, 0.717) is 12.2 Å². The van der Waals surface area contributed by atoms with Gasteiger partial charge in [-0.2, -0.15) is 0 Å². The molecule has 1 heterocycles. The first-order chi connectivity index (χ1) is 13.5. The molecule has 2 aromatic rings. The summed E-state index contributed by atoms with van der Waals surface area (Å²) in [4.78, 5) is 23.3. The first-order valence-corrected chi connectivity index (χ1v) is 9.56. The fraction of sp³-hybridized carbons (Fsp3) is 0.286. The van der Waals surface area contributed by atoms with E-state index < -0.39 is 4.92 Å². The van der Waals surface area contributed by atoms with E-state index in [1.54, 1.807) is 25.1 Å². The van der Waals surface area contributed by atoms with Gasteiger partial charge < -0.3 is 10.1 Å². The number of carbonyl (C=O) groups excluding carboxylic acids is 1. The highest BCUT2D eigenvalue weighted by Gasteiger charge is 2.40. The van der Waals surface area contributed by atoms with E-state index in [4.69, 9.17) is 16.3 Å². The Morgan fingerprint density at radius 2 is 2.18 bits per heavy atom. The molecule has 0 radical (unpaired) electrons. The van der Waals surface area contributed by atoms with Gasteiger partial charge in [-0.1, -0.05) is 42.0 Å². The first-order valence-electron chi connectivity index (χ1n) is 9.18. The number of para-hydroxylation sites is 1. The lowest BCUT2D eigenvalue weighted by atomic mass is 9.76. The number of ether oxygens (including phenoxy) is 1. The molecule has 0 unspecified atom stereocenters. The number of nitro benzene ring substituents is 1. The van der Waals surface area contributed by atoms with E-state index >= 15 is 0 Å². The molecule has 0 saturated heterocycles. The van der Waals surface area contributed by atoms with Gasteiger partial charge in [0.25, 0.3) is 5.69 Å². The van der Waals surface area contributed by atoms with Crippen molar-refractivity contribution >= 4 is 28.9 Å². The second-order valence-corrected chi connectivity index (χ2v) is 7.34. The number of nitrogens with one attached hydrogen (secondary N) is 1. The third-order valence-corrected chi connectivity index (χ3v) is 5.74. The Labute approximate surface area is 167 Å². The molecule has 2 aliphatic rings. The highest BCUT2D eigenvalue weighted by molar-refractivity contribution is 6.32. The lowest BCUT2D eigenvalue weighted by molar-refractivity contribution is -0.384. The summed E-state index contributed by atoms with van der Waals surface area (Å²) in [5, 5.41) is 14.9. The fourth-order valence-electron chi connectivity index (χ4n) is 4.19. The topological polar surface area (TPSA) is 81.5 Å². The van der Waals surface area contributed by atoms with Crippen LogP contribution in [0.3, 0.4) is 0 Å². The van der Waals surface area contributed by atoms with Gasteiger partial charge in [0.2, 0.25) is 0 Å². The molecule has 4 rings (SSSR count). The van der Waals surface area contributed by atoms with Crippen molar-refractivity contribution in [3.8, 4) is 0 Å². The summed E-state index contributed by atoms with van der Waals surface area (Å²) < 4.78 is 5.21. The second-order valence-electron chi connectivity index (χ2n) is 6.93. The minimum Gasteiger partial charge on any atom is -0.462 e. The molecule has 0 fully saturated rings. The van der Waals surface area contributed by atoms with Crippen molar-refractivity contribution in [3.63, 3.8) is 0 Å². The van der Waals surface area contributed by atoms with E-state index in [-0.39, 0.29) is 34.6 Å². The Balaban J connectivity index is 1.80. The van der Waals surface area contributed by atoms with E-state index in [0.717, 1.165) is 23.2 Å². The van der Waals surface area contributed by atoms with Crippen molar-refractivity contribution < 1.29 is 14.5 Å². The largest absolute Gasteiger partial charge is 0.462 e. The first kappa shape index (κ1) is 18.5. The maximum absolute atomic E-state index is 12.5. The lowest BCUT2D eigenvalue weighted by Crippen LogP contribution is -2.30. The molecule has 28 heavy (non-hydrogen) atoms. The molecule has 0 bridgehead atoms. The van der Waals surface area contributed by atoms with Crippen LogP contribution in [0.2, 0.25) is 5.02 Å². The third kappa shape index (κ3) is 3.03. The molecule has 1 aliphatic carbocycles. The van der Waals surface area contributed by atoms with Gasteiger partial charge in [0.05, 0.1) is 28.8 Å². The number of fused-ring (bicyclic) bond motifs is 3. The van der Waals surface area contributed by atoms with Gasteiger partial charge in [-0.15, -0.1) is 0 Å². The van der Waals surface area contributed by atoms with Crippen molar-refractivity contribution in [2.45, 2.75) is 25.3 Å². The summed E-state index contributed by atoms with van der Waals surface area (Å²) in [5.41, 5.74) is 2.92. The molecule has 1 aliphatic heterocycles. The quantitative estimate of drug-likeness (QED) is 0.329. The van der Waals surface area contributed by atoms with Crippen LogP contribution in [0.1, 0.15) is 46.8 Å². The number of allylic oxidation sites excluding steroid dienone is 2. The predicted molar refractivity (Wildman–Crippen MR) is 107 cm³/mol. The molecule has 3 atom stereocenters. The number of nitrogens with zero attached hydrogens (tertiary/aromatic N) is 1. The molecule has 2 aromatic carbocycles. The normalized spacial score (nSPS) is 22.1. The van der Waals surface area contributed by atoms with E-state index in [2.05, 4.69) is 17.5 Å². The molecule has 6 nitrogen and oxygen atoms in total. The van der Waals surface area contributed by atoms with Gasteiger partial charge in [0.15, 0.2) is 0 Å². The average Bonchev–Trinajstić information content (AvgIpc) is 3.17. The lowest BCUT2D eigenvalue weighted by Gasteiger charge is -2.38. The van der Waals surface area contributed by atoms with Crippen LogP contribution in [-0.2, 0) is 4.74 Å². The highest BCUT2D eigenvalue weighted by Crippen LogP contribution is 2.51. The van der Waals surface area contributed by atoms with Gasteiger partial charge >= 0.3 is 5.97 Å². The summed E-state index contributed by atoms with van der Waals surface area (Å²) in [6, 6.07) is 10.3. The Kier molecular flexibility index (Phi) is 4.81. The maximum Gasteiger partial charge on any atom is 0.340 e. The van der Waals surface area contributed by atoms with Crippen LogP contribution in [0.25, 0.3) is 0 Å². The maximum atomic E-state index is 12.5. The van der Waals surface area contributed by atoms with Crippen molar-refractivity contribution in [1.29, 1.82) is 0 Å². The van der Waals surface area contributed by atoms with Gasteiger partial charge in [0.1, 0.15) is 5.02 Å². The molecule has 1 N–H and O–H groups in total. The molecular formula is C21H19ClN2O4. The van der Waals surface area contributed by atoms with Gasteiger partial charge in [-0.05, 0) is 42.5 Å². The SMILES string of the molecule is CCOC(=O)c1cccc2c1N[C@H](c1ccc(Cl)c([N+](=O)[O-])c1)[C@@H]1CC=C[C@@H]21. The Hall–Kier alpha value is -2.86. The van der Waals surface area contributed by atoms with Gasteiger partial charge in [-0.25, -0.2) is 4.79 Å². The van der Waals surface area contributed by atoms with Crippen LogP contribution in [0.15, 0.2) is 48.6 Å². The number of nitro groups is 1. The number of anilines is 1. The summed E-state index contributed by atoms with van der Waals surface area (Å²) >= 11 is 5.99. The minimum absolute atomic E-state index is 0.110. The molecule has 7 heteroatoms. The van der Waals surface area contributed by atoms with Crippen molar-refractivity contribution in [3.05, 3.63) is 80.4 Å². The number of benzene rings is 2. The monoisotopic (exact) mass is 398 g/mol. The van der Waals surface area contributed by atoms with E-state index in [9.17, 15) is 14.9 Å². The Bertz CT molecular complexity index is 988. The smallest absolute Gasteiger partial charge is 0.340 e. The van der Waals surface area contributed by atoms with Crippen LogP contribution in [0, 0.1) is 16.0 Å². The van der Waals surface area contributed by atoms with Gasteiger partial charge in [-0.3, -0.25) is 10.1 Å². The standard InChI is InChI=1S/C21H19ClN2O4/c1-2-28-21(25)16-8-4-7-15-13-5-3-6-14(13)19(23-20(15)16)12-9-10-17(22)18(11-12)24(26)27/h3-5,7-11,13-14,19,23H,2,6H2,1H3/t13-,14-,19-/m1/s1. The number of esters is 1. The summed E-state index contributed by atoms with van der Waals surface area (Å²) in [5.74, 6) is -0.0517. The minimum atomic E-state index is -0.475. The molecule has 0 amide bonds. The van der Waals surface area contributed by atoms with Crippen LogP contribution < -0.4 is 5.32 Å². The molecule has 0 saturated carbocycles. The molecular weight excluding hydrogens is 380 g/mol. The number of carbonyl (C=O) groups is 1. The second kappa shape index (κ2) is 7.28. The van der Waals surface area contributed by atoms with Crippen LogP contribution in [0.4, 0.5) is 11.4 Å². The summed E-state index contributed by atoms with van der Waals surface area (Å²) in [7, 11) is 0. The van der Waals surface area contributed by atoms with Crippen molar-refractivity contribution in [1.82, 2.24) is 0 Å². The summed E-state index contributed by atoms with van der Waals surface area (Å²) in [6.07, 6.45) is 5.12. The van der Waals surface area contributed by atoms with Crippen LogP contribution in [0.5, 0.6) is 0 Å². The third-order valence-electron chi connectivity index (χ3n) is 5.42. The molecule has 144 valence electrons. The summed E-state index contributed by atoms with van der Waals surface area (Å²) in [6.45, 7) is 2.06. The van der Waals surface area contributed by atoms with Crippen molar-refractivity contribution in [2.75, 3.05) is 11.9 Å². The zero-order valence-corrected chi connectivity index (χ0v) is 16.0. The number of halogens is 1. The molecule has 0 aromatic heterocycles. The van der Waals surface area contributed by atoms with E-state index in [1.165, 1.54) is 6.07 Å². The average molecular weight is 399 g/mol. The number of hydrogen-bond donors (Lipinski definition) is 1. The van der Waals surface area contributed by atoms with E-state index in [1.807, 2.05) is 12.1 Å². The van der Waals surface area contributed by atoms with Gasteiger partial charge in [0, 0.05) is 12.0 Å². The number of hydrogen-bond acceptors (Lipinski definition) is 5. The fourth-order valence-corrected chi connectivity index (χ4v) is 4.38. The van der Waals surface area contributed by atoms with Crippen LogP contribution in [-0.4, -0.2) is 17.5 Å². The number of rotatable bonds is 4. The molecule has 0 spiro atoms. The van der Waals surface area contributed by atoms with Crippen LogP contribution >= 0.6 is 11.6 Å². The zero-order chi connectivity index (χ0) is 19.8. The Morgan fingerprint density at radius 1 is 1.36 bits per heavy atom. The Morgan fingerprint density at radius 3 is 2.93 bits per heavy atom. The highest BCUT2D eigenvalue weighted by atomic mass is 35.5. The van der Waals surface area contributed by atoms with Crippen molar-refractivity contribution in [2.24, 2.45) is 5.92 Å².